The van der Waals surface area contributed by atoms with E-state index in [4.69, 9.17) is 11.6 Å². The molecule has 1 rings (SSSR count). The zero-order valence-corrected chi connectivity index (χ0v) is 11.6. The van der Waals surface area contributed by atoms with Crippen LogP contribution in [0, 0.1) is 0 Å². The van der Waals surface area contributed by atoms with Gasteiger partial charge in [0.1, 0.15) is 4.21 Å². The summed E-state index contributed by atoms with van der Waals surface area (Å²) in [4.78, 5) is 11.2. The summed E-state index contributed by atoms with van der Waals surface area (Å²) in [6, 6.07) is 2.90. The molecule has 0 bridgehead atoms. The van der Waals surface area contributed by atoms with Crippen LogP contribution in [-0.4, -0.2) is 27.4 Å². The first kappa shape index (κ1) is 14.4. The lowest BCUT2D eigenvalue weighted by atomic mass is 10.5. The third kappa shape index (κ3) is 4.63. The molecular weight excluding hydrogens is 284 g/mol. The molecule has 2 N–H and O–H groups in total. The molecule has 0 aromatic carbocycles. The van der Waals surface area contributed by atoms with E-state index in [1.807, 2.05) is 6.92 Å². The second-order valence-corrected chi connectivity index (χ2v) is 6.94. The number of carbonyl (C=O) groups is 1. The Labute approximate surface area is 109 Å². The summed E-state index contributed by atoms with van der Waals surface area (Å²) < 4.78 is 26.1. The number of nitrogens with one attached hydrogen (secondary N) is 2. The lowest BCUT2D eigenvalue weighted by Gasteiger charge is -2.05. The Morgan fingerprint density at radius 3 is 2.71 bits per heavy atom. The predicted molar refractivity (Wildman–Crippen MR) is 67.8 cm³/mol. The van der Waals surface area contributed by atoms with E-state index >= 15 is 0 Å². The Balaban J connectivity index is 2.54. The maximum atomic E-state index is 11.7. The summed E-state index contributed by atoms with van der Waals surface area (Å²) in [6.07, 6.45) is 0.805. The highest BCUT2D eigenvalue weighted by molar-refractivity contribution is 7.91. The van der Waals surface area contributed by atoms with Crippen LogP contribution in [0.25, 0.3) is 0 Å². The molecule has 96 valence electrons. The number of amides is 1. The van der Waals surface area contributed by atoms with Crippen molar-refractivity contribution in [1.29, 1.82) is 0 Å². The molecule has 8 heteroatoms. The molecule has 0 unspecified atom stereocenters. The number of halogens is 1. The third-order valence-corrected chi connectivity index (χ3v) is 4.93. The van der Waals surface area contributed by atoms with Gasteiger partial charge < -0.3 is 5.32 Å². The van der Waals surface area contributed by atoms with Crippen LogP contribution in [0.2, 0.25) is 4.34 Å². The van der Waals surface area contributed by atoms with Crippen LogP contribution in [0.3, 0.4) is 0 Å². The first-order valence-electron chi connectivity index (χ1n) is 4.97. The fourth-order valence-electron chi connectivity index (χ4n) is 1.00. The number of carbonyl (C=O) groups excluding carboxylic acids is 1. The van der Waals surface area contributed by atoms with Crippen molar-refractivity contribution >= 4 is 38.9 Å². The van der Waals surface area contributed by atoms with Crippen LogP contribution >= 0.6 is 22.9 Å². The summed E-state index contributed by atoms with van der Waals surface area (Å²) in [5.74, 6) is -0.349. The second-order valence-electron chi connectivity index (χ2n) is 3.23. The van der Waals surface area contributed by atoms with Gasteiger partial charge in [-0.05, 0) is 18.6 Å². The highest BCUT2D eigenvalue weighted by atomic mass is 35.5. The normalized spacial score (nSPS) is 11.4. The van der Waals surface area contributed by atoms with E-state index in [0.29, 0.717) is 10.9 Å². The molecule has 0 aliphatic heterocycles. The number of thiophene rings is 1. The van der Waals surface area contributed by atoms with Crippen molar-refractivity contribution in [2.45, 2.75) is 17.6 Å². The lowest BCUT2D eigenvalue weighted by Crippen LogP contribution is -2.36. The smallest absolute Gasteiger partial charge is 0.250 e. The Kier molecular flexibility index (Phi) is 5.38. The van der Waals surface area contributed by atoms with Gasteiger partial charge in [0.2, 0.25) is 5.91 Å². The highest BCUT2D eigenvalue weighted by Gasteiger charge is 2.17. The van der Waals surface area contributed by atoms with Gasteiger partial charge >= 0.3 is 0 Å². The lowest BCUT2D eigenvalue weighted by molar-refractivity contribution is -0.119. The fourth-order valence-corrected chi connectivity index (χ4v) is 3.51. The average molecular weight is 297 g/mol. The van der Waals surface area contributed by atoms with E-state index in [1.54, 1.807) is 0 Å². The van der Waals surface area contributed by atoms with Crippen LogP contribution < -0.4 is 10.0 Å². The summed E-state index contributed by atoms with van der Waals surface area (Å²) in [7, 11) is -3.64. The van der Waals surface area contributed by atoms with Crippen LogP contribution in [0.15, 0.2) is 16.3 Å². The van der Waals surface area contributed by atoms with E-state index in [0.717, 1.165) is 17.8 Å². The van der Waals surface area contributed by atoms with Gasteiger partial charge in [0, 0.05) is 6.54 Å². The minimum absolute atomic E-state index is 0.103. The highest BCUT2D eigenvalue weighted by Crippen LogP contribution is 2.24. The minimum Gasteiger partial charge on any atom is -0.355 e. The first-order chi connectivity index (χ1) is 7.95. The number of hydrogen-bond acceptors (Lipinski definition) is 4. The van der Waals surface area contributed by atoms with E-state index < -0.39 is 10.0 Å². The molecule has 5 nitrogen and oxygen atoms in total. The Morgan fingerprint density at radius 2 is 2.18 bits per heavy atom. The van der Waals surface area contributed by atoms with Crippen LogP contribution in [0.1, 0.15) is 13.3 Å². The van der Waals surface area contributed by atoms with E-state index in [9.17, 15) is 13.2 Å². The Hall–Kier alpha value is -0.630. The van der Waals surface area contributed by atoms with Crippen LogP contribution in [0.5, 0.6) is 0 Å². The second kappa shape index (κ2) is 6.34. The predicted octanol–water partition coefficient (Wildman–Crippen LogP) is 1.21. The maximum Gasteiger partial charge on any atom is 0.250 e. The molecule has 0 saturated carbocycles. The molecule has 0 radical (unpaired) electrons. The van der Waals surface area contributed by atoms with E-state index in [2.05, 4.69) is 10.0 Å². The van der Waals surface area contributed by atoms with Crippen molar-refractivity contribution in [3.63, 3.8) is 0 Å². The molecule has 0 atom stereocenters. The number of hydrogen-bond donors (Lipinski definition) is 2. The molecule has 1 aromatic heterocycles. The SMILES string of the molecule is CCCNC(=O)CNS(=O)(=O)c1ccc(Cl)s1. The summed E-state index contributed by atoms with van der Waals surface area (Å²) in [5.41, 5.74) is 0. The van der Waals surface area contributed by atoms with Crippen molar-refractivity contribution in [2.24, 2.45) is 0 Å². The molecule has 1 heterocycles. The number of sulfonamides is 1. The van der Waals surface area contributed by atoms with Crippen molar-refractivity contribution in [3.05, 3.63) is 16.5 Å². The maximum absolute atomic E-state index is 11.7. The van der Waals surface area contributed by atoms with Crippen LogP contribution in [-0.2, 0) is 14.8 Å². The van der Waals surface area contributed by atoms with Gasteiger partial charge in [0.15, 0.2) is 0 Å². The Morgan fingerprint density at radius 1 is 1.47 bits per heavy atom. The molecular formula is C9H13ClN2O3S2. The monoisotopic (exact) mass is 296 g/mol. The van der Waals surface area contributed by atoms with Crippen molar-refractivity contribution in [2.75, 3.05) is 13.1 Å². The molecule has 1 aromatic rings. The van der Waals surface area contributed by atoms with Gasteiger partial charge in [-0.1, -0.05) is 18.5 Å². The topological polar surface area (TPSA) is 75.3 Å². The van der Waals surface area contributed by atoms with Crippen LogP contribution in [0.4, 0.5) is 0 Å². The molecule has 0 spiro atoms. The van der Waals surface area contributed by atoms with Gasteiger partial charge in [-0.15, -0.1) is 11.3 Å². The van der Waals surface area contributed by atoms with Gasteiger partial charge in [0.05, 0.1) is 10.9 Å². The first-order valence-corrected chi connectivity index (χ1v) is 7.65. The van der Waals surface area contributed by atoms with Crippen molar-refractivity contribution in [3.8, 4) is 0 Å². The minimum atomic E-state index is -3.64. The Bertz CT molecular complexity index is 484. The van der Waals surface area contributed by atoms with Gasteiger partial charge in [-0.2, -0.15) is 0 Å². The van der Waals surface area contributed by atoms with Crippen molar-refractivity contribution in [1.82, 2.24) is 10.0 Å². The summed E-state index contributed by atoms with van der Waals surface area (Å²) in [5, 5.41) is 2.57. The molecule has 17 heavy (non-hydrogen) atoms. The van der Waals surface area contributed by atoms with Crippen molar-refractivity contribution < 1.29 is 13.2 Å². The quantitative estimate of drug-likeness (QED) is 0.828. The van der Waals surface area contributed by atoms with Gasteiger partial charge in [-0.3, -0.25) is 4.79 Å². The van der Waals surface area contributed by atoms with E-state index in [1.165, 1.54) is 12.1 Å². The van der Waals surface area contributed by atoms with E-state index in [-0.39, 0.29) is 16.7 Å². The summed E-state index contributed by atoms with van der Waals surface area (Å²) in [6.45, 7) is 2.18. The molecule has 0 saturated heterocycles. The standard InChI is InChI=1S/C9H13ClN2O3S2/c1-2-5-11-8(13)6-12-17(14,15)9-4-3-7(10)16-9/h3-4,12H,2,5-6H2,1H3,(H,11,13). The third-order valence-electron chi connectivity index (χ3n) is 1.81. The largest absolute Gasteiger partial charge is 0.355 e. The number of rotatable bonds is 6. The fraction of sp³-hybridized carbons (Fsp3) is 0.444. The zero-order chi connectivity index (χ0) is 12.9. The zero-order valence-electron chi connectivity index (χ0n) is 9.20. The summed E-state index contributed by atoms with van der Waals surface area (Å²) >= 11 is 6.59. The van der Waals surface area contributed by atoms with Gasteiger partial charge in [0.25, 0.3) is 10.0 Å². The molecule has 0 aliphatic carbocycles. The molecule has 0 aliphatic rings. The molecule has 0 fully saturated rings. The van der Waals surface area contributed by atoms with Gasteiger partial charge in [-0.25, -0.2) is 13.1 Å². The average Bonchev–Trinajstić information content (AvgIpc) is 2.71. The molecule has 1 amide bonds.